The van der Waals surface area contributed by atoms with Crippen molar-refractivity contribution in [2.24, 2.45) is 5.92 Å². The van der Waals surface area contributed by atoms with Gasteiger partial charge in [0.2, 0.25) is 5.91 Å². The Bertz CT molecular complexity index is 1460. The Morgan fingerprint density at radius 2 is 1.71 bits per heavy atom. The number of thioether (sulfide) groups is 1. The normalized spacial score (nSPS) is 14.6. The number of nitrogens with zero attached hydrogens (tertiary/aromatic N) is 1. The first-order valence-corrected chi connectivity index (χ1v) is 15.4. The van der Waals surface area contributed by atoms with E-state index in [2.05, 4.69) is 5.32 Å². The molecule has 0 radical (unpaired) electrons. The highest BCUT2D eigenvalue weighted by atomic mass is 35.5. The lowest BCUT2D eigenvalue weighted by Crippen LogP contribution is -2.52. The van der Waals surface area contributed by atoms with Crippen molar-refractivity contribution in [3.05, 3.63) is 92.9 Å². The molecule has 1 aliphatic heterocycles. The summed E-state index contributed by atoms with van der Waals surface area (Å²) < 4.78 is 0. The van der Waals surface area contributed by atoms with Gasteiger partial charge >= 0.3 is 5.97 Å². The molecule has 1 fully saturated rings. The number of carboxylic acids is 1. The molecule has 0 aliphatic carbocycles. The van der Waals surface area contributed by atoms with Gasteiger partial charge in [0.25, 0.3) is 5.91 Å². The molecule has 1 atom stereocenters. The number of nitrogens with one attached hydrogen (secondary N) is 1. The highest BCUT2D eigenvalue weighted by molar-refractivity contribution is 7.98. The first kappa shape index (κ1) is 31.1. The Morgan fingerprint density at radius 3 is 2.34 bits per heavy atom. The van der Waals surface area contributed by atoms with E-state index in [1.165, 1.54) is 23.9 Å². The second-order valence-electron chi connectivity index (χ2n) is 9.65. The molecule has 3 aromatic rings. The Kier molecular flexibility index (Phi) is 10.9. The van der Waals surface area contributed by atoms with E-state index in [1.807, 2.05) is 36.6 Å². The molecule has 0 aromatic heterocycles. The molecule has 1 heterocycles. The Hall–Kier alpha value is -2.81. The lowest BCUT2D eigenvalue weighted by atomic mass is 9.94. The molecule has 4 rings (SSSR count). The van der Waals surface area contributed by atoms with Crippen LogP contribution in [0.5, 0.6) is 0 Å². The number of carboxylic acid groups (broad SMARTS) is 1. The summed E-state index contributed by atoms with van der Waals surface area (Å²) in [7, 11) is 0. The molecule has 1 aliphatic rings. The molecule has 214 valence electrons. The quantitative estimate of drug-likeness (QED) is 0.194. The van der Waals surface area contributed by atoms with Gasteiger partial charge < -0.3 is 10.4 Å². The van der Waals surface area contributed by atoms with Gasteiger partial charge in [0, 0.05) is 28.3 Å². The Labute approximate surface area is 258 Å². The van der Waals surface area contributed by atoms with Gasteiger partial charge in [0.15, 0.2) is 0 Å². The molecule has 1 unspecified atom stereocenters. The summed E-state index contributed by atoms with van der Waals surface area (Å²) in [5.41, 5.74) is 2.99. The predicted molar refractivity (Wildman–Crippen MR) is 167 cm³/mol. The minimum Gasteiger partial charge on any atom is -0.480 e. The Morgan fingerprint density at radius 1 is 1.00 bits per heavy atom. The fourth-order valence-electron chi connectivity index (χ4n) is 4.77. The second kappa shape index (κ2) is 14.4. The number of carbonyl (C=O) groups is 3. The summed E-state index contributed by atoms with van der Waals surface area (Å²) in [6.07, 6.45) is 5.51. The molecular weight excluding hydrogens is 603 g/mol. The molecule has 0 bridgehead atoms. The van der Waals surface area contributed by atoms with Crippen LogP contribution in [0.1, 0.15) is 24.0 Å². The second-order valence-corrected chi connectivity index (χ2v) is 11.7. The number of piperidine rings is 1. The Balaban J connectivity index is 1.63. The van der Waals surface area contributed by atoms with Crippen molar-refractivity contribution in [3.63, 3.8) is 0 Å². The number of amides is 2. The summed E-state index contributed by atoms with van der Waals surface area (Å²) in [6.45, 7) is 1.24. The zero-order valence-corrected chi connectivity index (χ0v) is 25.4. The lowest BCUT2D eigenvalue weighted by Gasteiger charge is -2.31. The molecule has 10 heteroatoms. The van der Waals surface area contributed by atoms with Gasteiger partial charge in [-0.25, -0.2) is 4.79 Å². The molecule has 6 nitrogen and oxygen atoms in total. The predicted octanol–water partition coefficient (Wildman–Crippen LogP) is 7.10. The van der Waals surface area contributed by atoms with Gasteiger partial charge in [-0.2, -0.15) is 0 Å². The van der Waals surface area contributed by atoms with E-state index in [-0.39, 0.29) is 11.4 Å². The van der Waals surface area contributed by atoms with Crippen molar-refractivity contribution in [2.45, 2.75) is 30.2 Å². The van der Waals surface area contributed by atoms with Gasteiger partial charge in [0.05, 0.1) is 10.0 Å². The maximum Gasteiger partial charge on any atom is 0.327 e. The smallest absolute Gasteiger partial charge is 0.327 e. The summed E-state index contributed by atoms with van der Waals surface area (Å²) in [4.78, 5) is 41.5. The van der Waals surface area contributed by atoms with Crippen molar-refractivity contribution in [1.82, 2.24) is 10.2 Å². The summed E-state index contributed by atoms with van der Waals surface area (Å²) in [6, 6.07) is 16.9. The van der Waals surface area contributed by atoms with Crippen molar-refractivity contribution in [3.8, 4) is 11.1 Å². The fourth-order valence-corrected chi connectivity index (χ4v) is 6.13. The number of benzene rings is 3. The van der Waals surface area contributed by atoms with Crippen LogP contribution in [0.2, 0.25) is 15.1 Å². The van der Waals surface area contributed by atoms with Crippen LogP contribution in [0, 0.1) is 5.92 Å². The van der Waals surface area contributed by atoms with Crippen molar-refractivity contribution >= 4 is 70.4 Å². The molecule has 41 heavy (non-hydrogen) atoms. The van der Waals surface area contributed by atoms with Crippen LogP contribution in [0.15, 0.2) is 71.6 Å². The number of rotatable bonds is 9. The van der Waals surface area contributed by atoms with E-state index in [1.54, 1.807) is 30.3 Å². The molecule has 1 saturated heterocycles. The standard InChI is InChI=1S/C31H29Cl3N2O4S/c1-41-26-11-9-21(28(33)29(26)34)10-12-27(37)36(30(38)22-13-15-35-16-14-22)25(31(39)40)17-19-5-7-20(8-6-19)23-3-2-4-24(32)18-23/h2-12,18,22,25,35H,13-17H2,1H3,(H,39,40). The third-order valence-corrected chi connectivity index (χ3v) is 9.03. The number of hydrogen-bond donors (Lipinski definition) is 2. The fraction of sp³-hybridized carbons (Fsp3) is 0.258. The van der Waals surface area contributed by atoms with Crippen LogP contribution in [0.3, 0.4) is 0 Å². The SMILES string of the molecule is CSc1ccc(C=CC(=O)N(C(=O)C2CCNCC2)C(Cc2ccc(-c3cccc(Cl)c3)cc2)C(=O)O)c(Cl)c1Cl. The maximum atomic E-state index is 13.7. The topological polar surface area (TPSA) is 86.7 Å². The van der Waals surface area contributed by atoms with Gasteiger partial charge in [-0.1, -0.05) is 77.3 Å². The number of carbonyl (C=O) groups excluding carboxylic acids is 2. The van der Waals surface area contributed by atoms with E-state index in [0.29, 0.717) is 47.1 Å². The van der Waals surface area contributed by atoms with Gasteiger partial charge in [0.1, 0.15) is 6.04 Å². The number of hydrogen-bond acceptors (Lipinski definition) is 5. The van der Waals surface area contributed by atoms with Gasteiger partial charge in [-0.15, -0.1) is 11.8 Å². The molecular formula is C31H29Cl3N2O4S. The molecule has 2 amide bonds. The van der Waals surface area contributed by atoms with Crippen LogP contribution in [-0.2, 0) is 20.8 Å². The van der Waals surface area contributed by atoms with E-state index in [4.69, 9.17) is 34.8 Å². The number of halogens is 3. The summed E-state index contributed by atoms with van der Waals surface area (Å²) >= 11 is 20.3. The van der Waals surface area contributed by atoms with Crippen LogP contribution >= 0.6 is 46.6 Å². The third-order valence-electron chi connectivity index (χ3n) is 7.00. The van der Waals surface area contributed by atoms with E-state index in [9.17, 15) is 19.5 Å². The summed E-state index contributed by atoms with van der Waals surface area (Å²) in [5.74, 6) is -2.94. The van der Waals surface area contributed by atoms with Crippen LogP contribution < -0.4 is 5.32 Å². The zero-order valence-electron chi connectivity index (χ0n) is 22.3. The average molecular weight is 632 g/mol. The molecule has 2 N–H and O–H groups in total. The highest BCUT2D eigenvalue weighted by Crippen LogP contribution is 2.35. The van der Waals surface area contributed by atoms with Crippen LogP contribution in [-0.4, -0.2) is 53.2 Å². The average Bonchev–Trinajstić information content (AvgIpc) is 2.98. The monoisotopic (exact) mass is 630 g/mol. The third kappa shape index (κ3) is 7.73. The van der Waals surface area contributed by atoms with Gasteiger partial charge in [-0.05, 0) is 78.7 Å². The minimum atomic E-state index is -1.40. The van der Waals surface area contributed by atoms with E-state index < -0.39 is 29.7 Å². The number of imide groups is 1. The zero-order chi connectivity index (χ0) is 29.5. The molecule has 3 aromatic carbocycles. The van der Waals surface area contributed by atoms with E-state index >= 15 is 0 Å². The molecule has 0 saturated carbocycles. The van der Waals surface area contributed by atoms with Crippen molar-refractivity contribution in [2.75, 3.05) is 19.3 Å². The van der Waals surface area contributed by atoms with Crippen LogP contribution in [0.25, 0.3) is 17.2 Å². The first-order chi connectivity index (χ1) is 19.7. The largest absolute Gasteiger partial charge is 0.480 e. The lowest BCUT2D eigenvalue weighted by molar-refractivity contribution is -0.158. The maximum absolute atomic E-state index is 13.7. The first-order valence-electron chi connectivity index (χ1n) is 13.0. The summed E-state index contributed by atoms with van der Waals surface area (Å²) in [5, 5.41) is 14.7. The number of aliphatic carboxylic acids is 1. The highest BCUT2D eigenvalue weighted by Gasteiger charge is 2.37. The van der Waals surface area contributed by atoms with Crippen molar-refractivity contribution in [1.29, 1.82) is 0 Å². The molecule has 0 spiro atoms. The van der Waals surface area contributed by atoms with Crippen LogP contribution in [0.4, 0.5) is 0 Å². The van der Waals surface area contributed by atoms with E-state index in [0.717, 1.165) is 20.9 Å². The van der Waals surface area contributed by atoms with Gasteiger partial charge in [-0.3, -0.25) is 14.5 Å². The minimum absolute atomic E-state index is 0.0452. The van der Waals surface area contributed by atoms with Crippen molar-refractivity contribution < 1.29 is 19.5 Å².